The van der Waals surface area contributed by atoms with E-state index in [1.165, 1.54) is 6.07 Å². The van der Waals surface area contributed by atoms with Crippen LogP contribution < -0.4 is 5.32 Å². The van der Waals surface area contributed by atoms with Gasteiger partial charge in [-0.2, -0.15) is 0 Å². The van der Waals surface area contributed by atoms with Gasteiger partial charge >= 0.3 is 0 Å². The molecule has 1 fully saturated rings. The summed E-state index contributed by atoms with van der Waals surface area (Å²) in [5, 5.41) is 2.86. The maximum absolute atomic E-state index is 13.3. The summed E-state index contributed by atoms with van der Waals surface area (Å²) in [7, 11) is 0. The molecule has 1 saturated carbocycles. The van der Waals surface area contributed by atoms with Gasteiger partial charge in [-0.3, -0.25) is 4.79 Å². The van der Waals surface area contributed by atoms with Crippen LogP contribution in [0.3, 0.4) is 0 Å². The summed E-state index contributed by atoms with van der Waals surface area (Å²) >= 11 is 0. The third-order valence-electron chi connectivity index (χ3n) is 2.55. The molecule has 3 heteroatoms. The molecule has 0 spiro atoms. The van der Waals surface area contributed by atoms with E-state index in [-0.39, 0.29) is 11.7 Å². The predicted molar refractivity (Wildman–Crippen MR) is 61.2 cm³/mol. The number of rotatable bonds is 3. The highest BCUT2D eigenvalue weighted by Gasteiger charge is 2.23. The summed E-state index contributed by atoms with van der Waals surface area (Å²) in [5.41, 5.74) is 0.989. The van der Waals surface area contributed by atoms with Gasteiger partial charge in [0.25, 0.3) is 0 Å². The van der Waals surface area contributed by atoms with Gasteiger partial charge in [-0.15, -0.1) is 0 Å². The zero-order valence-corrected chi connectivity index (χ0v) is 9.16. The molecule has 16 heavy (non-hydrogen) atoms. The molecule has 1 aromatic carbocycles. The molecule has 1 aromatic rings. The van der Waals surface area contributed by atoms with E-state index in [0.29, 0.717) is 17.2 Å². The van der Waals surface area contributed by atoms with Crippen molar-refractivity contribution in [2.45, 2.75) is 25.8 Å². The van der Waals surface area contributed by atoms with Gasteiger partial charge in [-0.25, -0.2) is 4.39 Å². The lowest BCUT2D eigenvalue weighted by Crippen LogP contribution is -2.25. The first-order chi connectivity index (χ1) is 7.66. The lowest BCUT2D eigenvalue weighted by Gasteiger charge is -2.03. The highest BCUT2D eigenvalue weighted by Crippen LogP contribution is 2.19. The van der Waals surface area contributed by atoms with Crippen LogP contribution in [0.2, 0.25) is 0 Å². The normalized spacial score (nSPS) is 16.0. The Morgan fingerprint density at radius 2 is 2.12 bits per heavy atom. The first-order valence-corrected chi connectivity index (χ1v) is 5.40. The Balaban J connectivity index is 2.10. The lowest BCUT2D eigenvalue weighted by atomic mass is 10.1. The molecule has 0 radical (unpaired) electrons. The van der Waals surface area contributed by atoms with E-state index in [4.69, 9.17) is 0 Å². The summed E-state index contributed by atoms with van der Waals surface area (Å²) in [6.45, 7) is 1.70. The van der Waals surface area contributed by atoms with Crippen molar-refractivity contribution in [3.05, 3.63) is 41.2 Å². The average molecular weight is 219 g/mol. The van der Waals surface area contributed by atoms with Crippen LogP contribution in [-0.4, -0.2) is 11.9 Å². The largest absolute Gasteiger partial charge is 0.350 e. The van der Waals surface area contributed by atoms with E-state index >= 15 is 0 Å². The standard InChI is InChI=1S/C13H14FNO/c1-9(13(16)15-11-6-7-11)8-10-4-2-3-5-12(10)14/h2-5,8,11H,6-7H2,1H3,(H,15,16)/b9-8+. The third kappa shape index (κ3) is 2.69. The molecule has 2 rings (SSSR count). The first-order valence-electron chi connectivity index (χ1n) is 5.40. The molecule has 0 aromatic heterocycles. The molecule has 0 aliphatic heterocycles. The molecular weight excluding hydrogens is 205 g/mol. The first kappa shape index (κ1) is 10.9. The van der Waals surface area contributed by atoms with Gasteiger partial charge in [0.1, 0.15) is 5.82 Å². The fraction of sp³-hybridized carbons (Fsp3) is 0.308. The second kappa shape index (κ2) is 4.47. The van der Waals surface area contributed by atoms with Gasteiger partial charge in [0.2, 0.25) is 5.91 Å². The van der Waals surface area contributed by atoms with E-state index in [9.17, 15) is 9.18 Å². The minimum absolute atomic E-state index is 0.106. The van der Waals surface area contributed by atoms with Crippen molar-refractivity contribution in [3.63, 3.8) is 0 Å². The molecule has 84 valence electrons. The number of benzene rings is 1. The van der Waals surface area contributed by atoms with Crippen molar-refractivity contribution in [3.8, 4) is 0 Å². The zero-order valence-electron chi connectivity index (χ0n) is 9.16. The topological polar surface area (TPSA) is 29.1 Å². The molecule has 0 unspecified atom stereocenters. The molecule has 0 bridgehead atoms. The van der Waals surface area contributed by atoms with Gasteiger partial charge in [0.15, 0.2) is 0 Å². The van der Waals surface area contributed by atoms with Crippen LogP contribution in [0.1, 0.15) is 25.3 Å². The molecule has 1 aliphatic carbocycles. The SMILES string of the molecule is C/C(=C\c1ccccc1F)C(=O)NC1CC1. The summed E-state index contributed by atoms with van der Waals surface area (Å²) in [6, 6.07) is 6.76. The van der Waals surface area contributed by atoms with Gasteiger partial charge in [-0.05, 0) is 31.9 Å². The van der Waals surface area contributed by atoms with E-state index < -0.39 is 0 Å². The van der Waals surface area contributed by atoms with Crippen LogP contribution in [0, 0.1) is 5.82 Å². The number of carbonyl (C=O) groups excluding carboxylic acids is 1. The Bertz CT molecular complexity index is 435. The van der Waals surface area contributed by atoms with E-state index in [1.807, 2.05) is 0 Å². The van der Waals surface area contributed by atoms with Crippen LogP contribution >= 0.6 is 0 Å². The minimum atomic E-state index is -0.305. The quantitative estimate of drug-likeness (QED) is 0.777. The van der Waals surface area contributed by atoms with Crippen LogP contribution in [0.15, 0.2) is 29.8 Å². The Morgan fingerprint density at radius 1 is 1.44 bits per heavy atom. The third-order valence-corrected chi connectivity index (χ3v) is 2.55. The van der Waals surface area contributed by atoms with E-state index in [1.54, 1.807) is 31.2 Å². The van der Waals surface area contributed by atoms with Gasteiger partial charge in [0, 0.05) is 17.2 Å². The molecule has 0 saturated heterocycles. The van der Waals surface area contributed by atoms with Crippen LogP contribution in [0.5, 0.6) is 0 Å². The van der Waals surface area contributed by atoms with Crippen molar-refractivity contribution in [1.29, 1.82) is 0 Å². The van der Waals surface area contributed by atoms with E-state index in [2.05, 4.69) is 5.32 Å². The highest BCUT2D eigenvalue weighted by molar-refractivity contribution is 5.97. The fourth-order valence-corrected chi connectivity index (χ4v) is 1.42. The molecule has 2 nitrogen and oxygen atoms in total. The van der Waals surface area contributed by atoms with Gasteiger partial charge in [0.05, 0.1) is 0 Å². The minimum Gasteiger partial charge on any atom is -0.350 e. The highest BCUT2D eigenvalue weighted by atomic mass is 19.1. The van der Waals surface area contributed by atoms with Crippen molar-refractivity contribution < 1.29 is 9.18 Å². The van der Waals surface area contributed by atoms with Crippen LogP contribution in [-0.2, 0) is 4.79 Å². The van der Waals surface area contributed by atoms with Gasteiger partial charge in [-0.1, -0.05) is 18.2 Å². The monoisotopic (exact) mass is 219 g/mol. The Labute approximate surface area is 94.2 Å². The molecule has 0 atom stereocenters. The number of halogens is 1. The number of nitrogens with one attached hydrogen (secondary N) is 1. The Hall–Kier alpha value is -1.64. The number of amides is 1. The predicted octanol–water partition coefficient (Wildman–Crippen LogP) is 2.51. The Kier molecular flexibility index (Phi) is 3.04. The van der Waals surface area contributed by atoms with Crippen molar-refractivity contribution >= 4 is 12.0 Å². The summed E-state index contributed by atoms with van der Waals surface area (Å²) in [4.78, 5) is 11.6. The fourth-order valence-electron chi connectivity index (χ4n) is 1.42. The summed E-state index contributed by atoms with van der Waals surface area (Å²) in [5.74, 6) is -0.410. The molecular formula is C13H14FNO. The average Bonchev–Trinajstić information content (AvgIpc) is 3.05. The number of carbonyl (C=O) groups is 1. The summed E-state index contributed by atoms with van der Waals surface area (Å²) in [6.07, 6.45) is 3.69. The molecule has 0 heterocycles. The molecule has 1 amide bonds. The van der Waals surface area contributed by atoms with Gasteiger partial charge < -0.3 is 5.32 Å². The van der Waals surface area contributed by atoms with Crippen LogP contribution in [0.25, 0.3) is 6.08 Å². The van der Waals surface area contributed by atoms with E-state index in [0.717, 1.165) is 12.8 Å². The van der Waals surface area contributed by atoms with Crippen molar-refractivity contribution in [2.75, 3.05) is 0 Å². The second-order valence-electron chi connectivity index (χ2n) is 4.10. The maximum Gasteiger partial charge on any atom is 0.247 e. The summed E-state index contributed by atoms with van der Waals surface area (Å²) < 4.78 is 13.3. The van der Waals surface area contributed by atoms with Crippen molar-refractivity contribution in [1.82, 2.24) is 5.32 Å². The zero-order chi connectivity index (χ0) is 11.5. The van der Waals surface area contributed by atoms with Crippen LogP contribution in [0.4, 0.5) is 4.39 Å². The number of hydrogen-bond acceptors (Lipinski definition) is 1. The molecule has 1 N–H and O–H groups in total. The maximum atomic E-state index is 13.3. The Morgan fingerprint density at radius 3 is 2.75 bits per heavy atom. The number of hydrogen-bond donors (Lipinski definition) is 1. The lowest BCUT2D eigenvalue weighted by molar-refractivity contribution is -0.117. The second-order valence-corrected chi connectivity index (χ2v) is 4.10. The molecule has 1 aliphatic rings. The smallest absolute Gasteiger partial charge is 0.247 e. The van der Waals surface area contributed by atoms with Crippen molar-refractivity contribution in [2.24, 2.45) is 0 Å².